The minimum absolute atomic E-state index is 0.0350. The first-order chi connectivity index (χ1) is 15.5. The van der Waals surface area contributed by atoms with Crippen LogP contribution < -0.4 is 14.8 Å². The van der Waals surface area contributed by atoms with Crippen LogP contribution in [0.25, 0.3) is 15.3 Å². The number of amides is 1. The summed E-state index contributed by atoms with van der Waals surface area (Å²) in [7, 11) is 1.64. The lowest BCUT2D eigenvalue weighted by atomic mass is 9.87. The standard InChI is InChI=1S/C24H24N4O3S/c1-14(2)13-31-16-6-4-15(5-7-16)18-11-22(29)27-23-19(18)12-25-28(23)24-26-20-9-8-17(30-3)10-21(20)32-24/h4-10,12,14,18H,11,13H2,1-3H3,(H,27,29)/t18-/m1/s1. The third kappa shape index (κ3) is 3.82. The summed E-state index contributed by atoms with van der Waals surface area (Å²) in [6.07, 6.45) is 2.21. The van der Waals surface area contributed by atoms with E-state index in [1.807, 2.05) is 48.7 Å². The van der Waals surface area contributed by atoms with Crippen LogP contribution >= 0.6 is 11.3 Å². The summed E-state index contributed by atoms with van der Waals surface area (Å²) in [6, 6.07) is 13.8. The van der Waals surface area contributed by atoms with Gasteiger partial charge in [0.05, 0.1) is 30.1 Å². The van der Waals surface area contributed by atoms with Crippen molar-refractivity contribution < 1.29 is 14.3 Å². The number of benzene rings is 2. The van der Waals surface area contributed by atoms with Crippen molar-refractivity contribution in [2.75, 3.05) is 19.0 Å². The van der Waals surface area contributed by atoms with Gasteiger partial charge in [-0.2, -0.15) is 9.78 Å². The van der Waals surface area contributed by atoms with Gasteiger partial charge in [0.15, 0.2) is 0 Å². The number of hydrogen-bond acceptors (Lipinski definition) is 6. The van der Waals surface area contributed by atoms with Gasteiger partial charge in [0.25, 0.3) is 0 Å². The molecule has 0 unspecified atom stereocenters. The van der Waals surface area contributed by atoms with E-state index in [1.54, 1.807) is 11.8 Å². The van der Waals surface area contributed by atoms with Crippen LogP contribution in [0, 0.1) is 5.92 Å². The Labute approximate surface area is 190 Å². The van der Waals surface area contributed by atoms with E-state index in [-0.39, 0.29) is 11.8 Å². The van der Waals surface area contributed by atoms with Crippen molar-refractivity contribution in [3.63, 3.8) is 0 Å². The van der Waals surface area contributed by atoms with E-state index in [9.17, 15) is 4.79 Å². The Kier molecular flexibility index (Phi) is 5.30. The fourth-order valence-electron chi connectivity index (χ4n) is 3.83. The van der Waals surface area contributed by atoms with Crippen LogP contribution in [0.1, 0.15) is 37.3 Å². The molecule has 164 valence electrons. The zero-order chi connectivity index (χ0) is 22.2. The van der Waals surface area contributed by atoms with Gasteiger partial charge in [0, 0.05) is 17.9 Å². The van der Waals surface area contributed by atoms with Gasteiger partial charge in [-0.1, -0.05) is 37.3 Å². The van der Waals surface area contributed by atoms with E-state index in [0.717, 1.165) is 32.8 Å². The molecule has 1 aliphatic rings. The Hall–Kier alpha value is -3.39. The number of carbonyl (C=O) groups excluding carboxylic acids is 1. The number of carbonyl (C=O) groups is 1. The molecule has 4 aromatic rings. The van der Waals surface area contributed by atoms with Crippen molar-refractivity contribution in [2.45, 2.75) is 26.2 Å². The molecule has 0 saturated carbocycles. The summed E-state index contributed by atoms with van der Waals surface area (Å²) in [5.41, 5.74) is 2.91. The minimum Gasteiger partial charge on any atom is -0.497 e. The predicted molar refractivity (Wildman–Crippen MR) is 125 cm³/mol. The fraction of sp³-hybridized carbons (Fsp3) is 0.292. The van der Waals surface area contributed by atoms with E-state index < -0.39 is 0 Å². The fourth-order valence-corrected chi connectivity index (χ4v) is 4.79. The Morgan fingerprint density at radius 1 is 1.19 bits per heavy atom. The van der Waals surface area contributed by atoms with Crippen LogP contribution in [0.15, 0.2) is 48.7 Å². The maximum absolute atomic E-state index is 12.6. The number of rotatable bonds is 6. The molecule has 0 radical (unpaired) electrons. The predicted octanol–water partition coefficient (Wildman–Crippen LogP) is 5.00. The van der Waals surface area contributed by atoms with E-state index in [0.29, 0.717) is 29.9 Å². The van der Waals surface area contributed by atoms with Gasteiger partial charge in [-0.15, -0.1) is 0 Å². The lowest BCUT2D eigenvalue weighted by molar-refractivity contribution is -0.116. The highest BCUT2D eigenvalue weighted by Crippen LogP contribution is 2.39. The first kappa shape index (κ1) is 20.5. The average Bonchev–Trinajstić information content (AvgIpc) is 3.40. The van der Waals surface area contributed by atoms with Gasteiger partial charge in [0.2, 0.25) is 11.0 Å². The first-order valence-corrected chi connectivity index (χ1v) is 11.4. The van der Waals surface area contributed by atoms with Gasteiger partial charge >= 0.3 is 0 Å². The number of thiazole rings is 1. The van der Waals surface area contributed by atoms with E-state index in [4.69, 9.17) is 14.5 Å². The first-order valence-electron chi connectivity index (χ1n) is 10.6. The zero-order valence-corrected chi connectivity index (χ0v) is 19.0. The smallest absolute Gasteiger partial charge is 0.226 e. The molecular weight excluding hydrogens is 424 g/mol. The normalized spacial score (nSPS) is 15.6. The quantitative estimate of drug-likeness (QED) is 0.449. The Balaban J connectivity index is 1.48. The van der Waals surface area contributed by atoms with Crippen molar-refractivity contribution in [1.29, 1.82) is 0 Å². The molecule has 1 aliphatic heterocycles. The maximum Gasteiger partial charge on any atom is 0.226 e. The van der Waals surface area contributed by atoms with Crippen LogP contribution in [0.4, 0.5) is 5.82 Å². The zero-order valence-electron chi connectivity index (χ0n) is 18.2. The number of nitrogens with one attached hydrogen (secondary N) is 1. The molecule has 0 aliphatic carbocycles. The Morgan fingerprint density at radius 2 is 1.97 bits per heavy atom. The third-order valence-electron chi connectivity index (χ3n) is 5.45. The van der Waals surface area contributed by atoms with Crippen molar-refractivity contribution in [1.82, 2.24) is 14.8 Å². The molecule has 3 heterocycles. The number of fused-ring (bicyclic) bond motifs is 2. The molecular formula is C24H24N4O3S. The average molecular weight is 449 g/mol. The van der Waals surface area contributed by atoms with Crippen LogP contribution in [-0.4, -0.2) is 34.4 Å². The molecule has 2 aromatic heterocycles. The molecule has 1 N–H and O–H groups in total. The number of methoxy groups -OCH3 is 1. The summed E-state index contributed by atoms with van der Waals surface area (Å²) < 4.78 is 13.8. The molecule has 2 aromatic carbocycles. The van der Waals surface area contributed by atoms with Gasteiger partial charge < -0.3 is 14.8 Å². The van der Waals surface area contributed by atoms with Gasteiger partial charge in [0.1, 0.15) is 17.3 Å². The van der Waals surface area contributed by atoms with Crippen molar-refractivity contribution in [2.24, 2.45) is 5.92 Å². The second-order valence-electron chi connectivity index (χ2n) is 8.27. The number of ether oxygens (including phenoxy) is 2. The molecule has 5 rings (SSSR count). The summed E-state index contributed by atoms with van der Waals surface area (Å²) >= 11 is 1.51. The lowest BCUT2D eigenvalue weighted by Crippen LogP contribution is -2.24. The Bertz CT molecular complexity index is 1280. The topological polar surface area (TPSA) is 78.3 Å². The van der Waals surface area contributed by atoms with Crippen molar-refractivity contribution >= 4 is 33.3 Å². The van der Waals surface area contributed by atoms with E-state index in [1.165, 1.54) is 11.3 Å². The molecule has 32 heavy (non-hydrogen) atoms. The van der Waals surface area contributed by atoms with Gasteiger partial charge in [-0.05, 0) is 41.8 Å². The molecule has 0 bridgehead atoms. The summed E-state index contributed by atoms with van der Waals surface area (Å²) in [5.74, 6) is 2.66. The Morgan fingerprint density at radius 3 is 2.72 bits per heavy atom. The van der Waals surface area contributed by atoms with Crippen molar-refractivity contribution in [3.8, 4) is 16.6 Å². The van der Waals surface area contributed by atoms with Crippen LogP contribution in [-0.2, 0) is 4.79 Å². The molecule has 1 amide bonds. The number of nitrogens with zero attached hydrogens (tertiary/aromatic N) is 3. The molecule has 0 fully saturated rings. The summed E-state index contributed by atoms with van der Waals surface area (Å²) in [6.45, 7) is 4.92. The number of aromatic nitrogens is 3. The monoisotopic (exact) mass is 448 g/mol. The highest BCUT2D eigenvalue weighted by atomic mass is 32.1. The van der Waals surface area contributed by atoms with Crippen LogP contribution in [0.2, 0.25) is 0 Å². The third-order valence-corrected chi connectivity index (χ3v) is 6.45. The highest BCUT2D eigenvalue weighted by Gasteiger charge is 2.31. The van der Waals surface area contributed by atoms with Crippen LogP contribution in [0.3, 0.4) is 0 Å². The minimum atomic E-state index is -0.0684. The molecule has 0 saturated heterocycles. The molecule has 1 atom stereocenters. The van der Waals surface area contributed by atoms with E-state index in [2.05, 4.69) is 24.3 Å². The van der Waals surface area contributed by atoms with Gasteiger partial charge in [-0.3, -0.25) is 4.79 Å². The number of hydrogen-bond donors (Lipinski definition) is 1. The van der Waals surface area contributed by atoms with Gasteiger partial charge in [-0.25, -0.2) is 4.98 Å². The second kappa shape index (κ2) is 8.27. The summed E-state index contributed by atoms with van der Waals surface area (Å²) in [5, 5.41) is 8.27. The molecule has 8 heteroatoms. The molecule has 7 nitrogen and oxygen atoms in total. The largest absolute Gasteiger partial charge is 0.497 e. The lowest BCUT2D eigenvalue weighted by Gasteiger charge is -2.23. The highest BCUT2D eigenvalue weighted by molar-refractivity contribution is 7.20. The maximum atomic E-state index is 12.6. The molecule has 0 spiro atoms. The number of anilines is 1. The van der Waals surface area contributed by atoms with E-state index >= 15 is 0 Å². The second-order valence-corrected chi connectivity index (χ2v) is 9.28. The SMILES string of the molecule is COc1ccc2nc(-n3ncc4c3NC(=O)C[C@@H]4c3ccc(OCC(C)C)cc3)sc2c1. The summed E-state index contributed by atoms with van der Waals surface area (Å²) in [4.78, 5) is 17.3. The van der Waals surface area contributed by atoms with Crippen LogP contribution in [0.5, 0.6) is 11.5 Å². The van der Waals surface area contributed by atoms with Crippen molar-refractivity contribution in [3.05, 3.63) is 59.8 Å².